The molecule has 0 radical (unpaired) electrons. The van der Waals surface area contributed by atoms with Crippen molar-refractivity contribution in [2.24, 2.45) is 0 Å². The summed E-state index contributed by atoms with van der Waals surface area (Å²) in [5.41, 5.74) is 2.02. The summed E-state index contributed by atoms with van der Waals surface area (Å²) in [6, 6.07) is 7.91. The minimum atomic E-state index is -3.47. The molecule has 0 bridgehead atoms. The van der Waals surface area contributed by atoms with E-state index >= 15 is 0 Å². The number of ether oxygens (including phenoxy) is 1. The molecule has 22 heavy (non-hydrogen) atoms. The Kier molecular flexibility index (Phi) is 4.06. The molecular formula is C16H20N2O3S. The largest absolute Gasteiger partial charge is 0.380 e. The van der Waals surface area contributed by atoms with E-state index in [1.807, 2.05) is 24.3 Å². The Morgan fingerprint density at radius 1 is 1.27 bits per heavy atom. The van der Waals surface area contributed by atoms with E-state index in [-0.39, 0.29) is 11.8 Å². The second kappa shape index (κ2) is 5.85. The molecule has 118 valence electrons. The molecule has 1 aromatic carbocycles. The molecule has 0 amide bonds. The smallest absolute Gasteiger partial charge is 0.232 e. The van der Waals surface area contributed by atoms with Crippen molar-refractivity contribution in [1.82, 2.24) is 9.55 Å². The van der Waals surface area contributed by atoms with Gasteiger partial charge in [0.25, 0.3) is 0 Å². The molecule has 1 aliphatic rings. The van der Waals surface area contributed by atoms with E-state index in [0.29, 0.717) is 18.9 Å². The summed E-state index contributed by atoms with van der Waals surface area (Å²) in [4.78, 5) is 4.09. The normalized spacial score (nSPS) is 19.0. The minimum absolute atomic E-state index is 0.0975. The standard InChI is InChI=1S/C16H20N2O3S/c1-12(2)13-3-5-14(6-4-13)18-9-8-17-16(18)22(19,20)15-7-10-21-11-15/h3-6,8-9,12,15H,7,10-11H2,1-2H3. The Balaban J connectivity index is 1.98. The van der Waals surface area contributed by atoms with Gasteiger partial charge < -0.3 is 4.74 Å². The highest BCUT2D eigenvalue weighted by Crippen LogP contribution is 2.24. The number of nitrogens with zero attached hydrogens (tertiary/aromatic N) is 2. The van der Waals surface area contributed by atoms with Gasteiger partial charge in [-0.15, -0.1) is 0 Å². The van der Waals surface area contributed by atoms with E-state index in [9.17, 15) is 8.42 Å². The maximum atomic E-state index is 12.7. The average molecular weight is 320 g/mol. The van der Waals surface area contributed by atoms with Crippen LogP contribution in [0, 0.1) is 0 Å². The first-order valence-corrected chi connectivity index (χ1v) is 9.00. The molecule has 0 aliphatic carbocycles. The third kappa shape index (κ3) is 2.68. The molecule has 0 N–H and O–H groups in total. The molecule has 1 aliphatic heterocycles. The zero-order chi connectivity index (χ0) is 15.7. The predicted octanol–water partition coefficient (Wildman–Crippen LogP) is 2.56. The molecule has 2 aromatic rings. The maximum absolute atomic E-state index is 12.7. The molecular weight excluding hydrogens is 300 g/mol. The van der Waals surface area contributed by atoms with Gasteiger partial charge in [-0.1, -0.05) is 26.0 Å². The molecule has 3 rings (SSSR count). The lowest BCUT2D eigenvalue weighted by molar-refractivity contribution is 0.198. The summed E-state index contributed by atoms with van der Waals surface area (Å²) in [7, 11) is -3.47. The number of aromatic nitrogens is 2. The van der Waals surface area contributed by atoms with Crippen LogP contribution in [0.3, 0.4) is 0 Å². The summed E-state index contributed by atoms with van der Waals surface area (Å²) in [5, 5.41) is -0.399. The molecule has 0 saturated carbocycles. The van der Waals surface area contributed by atoms with Gasteiger partial charge in [0.15, 0.2) is 0 Å². The van der Waals surface area contributed by atoms with Crippen LogP contribution in [-0.2, 0) is 14.6 Å². The van der Waals surface area contributed by atoms with Gasteiger partial charge in [-0.05, 0) is 30.0 Å². The summed E-state index contributed by atoms with van der Waals surface area (Å²) in [6.07, 6.45) is 3.74. The topological polar surface area (TPSA) is 61.2 Å². The number of hydrogen-bond donors (Lipinski definition) is 0. The third-order valence-electron chi connectivity index (χ3n) is 4.03. The van der Waals surface area contributed by atoms with Crippen molar-refractivity contribution in [2.75, 3.05) is 13.2 Å². The highest BCUT2D eigenvalue weighted by atomic mass is 32.2. The fourth-order valence-electron chi connectivity index (χ4n) is 2.62. The van der Waals surface area contributed by atoms with Gasteiger partial charge in [-0.2, -0.15) is 0 Å². The Bertz CT molecular complexity index is 742. The van der Waals surface area contributed by atoms with Crippen LogP contribution in [0.4, 0.5) is 0 Å². The van der Waals surface area contributed by atoms with Crippen molar-refractivity contribution < 1.29 is 13.2 Å². The molecule has 1 atom stereocenters. The lowest BCUT2D eigenvalue weighted by atomic mass is 10.0. The second-order valence-corrected chi connectivity index (χ2v) is 7.98. The molecule has 1 saturated heterocycles. The molecule has 6 heteroatoms. The molecule has 1 unspecified atom stereocenters. The second-order valence-electron chi connectivity index (χ2n) is 5.86. The van der Waals surface area contributed by atoms with Gasteiger partial charge in [0.1, 0.15) is 0 Å². The van der Waals surface area contributed by atoms with Crippen LogP contribution in [0.1, 0.15) is 31.7 Å². The van der Waals surface area contributed by atoms with Gasteiger partial charge in [0.2, 0.25) is 15.0 Å². The fourth-order valence-corrected chi connectivity index (χ4v) is 4.25. The van der Waals surface area contributed by atoms with Crippen LogP contribution in [0.25, 0.3) is 5.69 Å². The number of rotatable bonds is 4. The lowest BCUT2D eigenvalue weighted by Gasteiger charge is -2.13. The molecule has 1 aromatic heterocycles. The molecule has 1 fully saturated rings. The average Bonchev–Trinajstić information content (AvgIpc) is 3.19. The van der Waals surface area contributed by atoms with E-state index in [1.54, 1.807) is 10.8 Å². The Hall–Kier alpha value is -1.66. The van der Waals surface area contributed by atoms with E-state index in [0.717, 1.165) is 5.69 Å². The van der Waals surface area contributed by atoms with Crippen LogP contribution in [0.5, 0.6) is 0 Å². The maximum Gasteiger partial charge on any atom is 0.232 e. The Morgan fingerprint density at radius 2 is 2.00 bits per heavy atom. The van der Waals surface area contributed by atoms with Gasteiger partial charge in [0.05, 0.1) is 11.9 Å². The molecule has 0 spiro atoms. The van der Waals surface area contributed by atoms with Crippen LogP contribution in [-0.4, -0.2) is 36.4 Å². The van der Waals surface area contributed by atoms with Crippen LogP contribution in [0.2, 0.25) is 0 Å². The van der Waals surface area contributed by atoms with Crippen molar-refractivity contribution >= 4 is 9.84 Å². The molecule has 5 nitrogen and oxygen atoms in total. The van der Waals surface area contributed by atoms with Gasteiger partial charge in [-0.25, -0.2) is 13.4 Å². The van der Waals surface area contributed by atoms with Gasteiger partial charge in [0, 0.05) is 24.7 Å². The summed E-state index contributed by atoms with van der Waals surface area (Å²) < 4.78 is 32.3. The summed E-state index contributed by atoms with van der Waals surface area (Å²) in [6.45, 7) is 5.00. The number of benzene rings is 1. The third-order valence-corrected chi connectivity index (χ3v) is 6.09. The fraction of sp³-hybridized carbons (Fsp3) is 0.438. The van der Waals surface area contributed by atoms with E-state index < -0.39 is 15.1 Å². The van der Waals surface area contributed by atoms with Crippen LogP contribution in [0.15, 0.2) is 41.8 Å². The van der Waals surface area contributed by atoms with Crippen molar-refractivity contribution in [2.45, 2.75) is 36.6 Å². The quantitative estimate of drug-likeness (QED) is 0.868. The van der Waals surface area contributed by atoms with Crippen molar-refractivity contribution in [3.63, 3.8) is 0 Å². The van der Waals surface area contributed by atoms with Crippen molar-refractivity contribution in [3.8, 4) is 5.69 Å². The highest BCUT2D eigenvalue weighted by Gasteiger charge is 2.34. The molecule has 2 heterocycles. The number of sulfone groups is 1. The highest BCUT2D eigenvalue weighted by molar-refractivity contribution is 7.91. The van der Waals surface area contributed by atoms with E-state index in [2.05, 4.69) is 18.8 Å². The first-order valence-electron chi connectivity index (χ1n) is 7.45. The SMILES string of the molecule is CC(C)c1ccc(-n2ccnc2S(=O)(=O)C2CCOC2)cc1. The first kappa shape index (κ1) is 15.2. The zero-order valence-electron chi connectivity index (χ0n) is 12.8. The van der Waals surface area contributed by atoms with Crippen LogP contribution >= 0.6 is 0 Å². The number of hydrogen-bond acceptors (Lipinski definition) is 4. The van der Waals surface area contributed by atoms with Crippen molar-refractivity contribution in [1.29, 1.82) is 0 Å². The summed E-state index contributed by atoms with van der Waals surface area (Å²) in [5.74, 6) is 0.440. The summed E-state index contributed by atoms with van der Waals surface area (Å²) >= 11 is 0. The Labute approximate surface area is 130 Å². The first-order chi connectivity index (χ1) is 10.5. The van der Waals surface area contributed by atoms with E-state index in [1.165, 1.54) is 11.8 Å². The number of imidazole rings is 1. The van der Waals surface area contributed by atoms with Gasteiger partial charge >= 0.3 is 0 Å². The monoisotopic (exact) mass is 320 g/mol. The zero-order valence-corrected chi connectivity index (χ0v) is 13.6. The predicted molar refractivity (Wildman–Crippen MR) is 84.1 cm³/mol. The lowest BCUT2D eigenvalue weighted by Crippen LogP contribution is -2.24. The minimum Gasteiger partial charge on any atom is -0.380 e. The van der Waals surface area contributed by atoms with E-state index in [4.69, 9.17) is 4.74 Å². The Morgan fingerprint density at radius 3 is 2.59 bits per heavy atom. The van der Waals surface area contributed by atoms with Crippen molar-refractivity contribution in [3.05, 3.63) is 42.2 Å². The van der Waals surface area contributed by atoms with Gasteiger partial charge in [-0.3, -0.25) is 4.57 Å². The van der Waals surface area contributed by atoms with Crippen LogP contribution < -0.4 is 0 Å².